The maximum atomic E-state index is 13.3. The van der Waals surface area contributed by atoms with Crippen LogP contribution in [0, 0.1) is 24.0 Å². The molecule has 114 valence electrons. The molecule has 0 aliphatic carbocycles. The molecule has 0 saturated carbocycles. The predicted octanol–water partition coefficient (Wildman–Crippen LogP) is 2.38. The summed E-state index contributed by atoms with van der Waals surface area (Å²) in [6.45, 7) is 1.93. The Kier molecular flexibility index (Phi) is 5.70. The first-order valence-corrected chi connectivity index (χ1v) is 8.19. The molecular weight excluding hydrogens is 324 g/mol. The lowest BCUT2D eigenvalue weighted by Crippen LogP contribution is -2.33. The van der Waals surface area contributed by atoms with Gasteiger partial charge in [-0.1, -0.05) is 12.8 Å². The fourth-order valence-corrected chi connectivity index (χ4v) is 2.74. The van der Waals surface area contributed by atoms with Crippen molar-refractivity contribution in [2.45, 2.75) is 18.2 Å². The summed E-state index contributed by atoms with van der Waals surface area (Å²) in [7, 11) is 0.748. The first-order chi connectivity index (χ1) is 9.72. The minimum Gasteiger partial charge on any atom is -0.327 e. The van der Waals surface area contributed by atoms with E-state index >= 15 is 0 Å². The van der Waals surface area contributed by atoms with E-state index in [-0.39, 0.29) is 13.1 Å². The van der Waals surface area contributed by atoms with Gasteiger partial charge in [0.25, 0.3) is 15.0 Å². The van der Waals surface area contributed by atoms with Crippen molar-refractivity contribution in [1.29, 1.82) is 0 Å². The van der Waals surface area contributed by atoms with Crippen LogP contribution in [0.1, 0.15) is 23.7 Å². The largest absolute Gasteiger partial charge is 0.327 e. The van der Waals surface area contributed by atoms with Crippen molar-refractivity contribution in [2.75, 3.05) is 13.1 Å². The van der Waals surface area contributed by atoms with E-state index in [1.807, 2.05) is 0 Å². The Balaban J connectivity index is 3.44. The Morgan fingerprint density at radius 3 is 2.43 bits per heavy atom. The van der Waals surface area contributed by atoms with Crippen LogP contribution in [0.4, 0.5) is 8.78 Å². The summed E-state index contributed by atoms with van der Waals surface area (Å²) >= 11 is 0. The number of terminal acetylenes is 1. The van der Waals surface area contributed by atoms with Gasteiger partial charge in [0.05, 0.1) is 17.0 Å². The molecule has 0 heterocycles. The normalized spacial score (nSPS) is 11.0. The Morgan fingerprint density at radius 2 is 1.95 bits per heavy atom. The van der Waals surface area contributed by atoms with Crippen LogP contribution >= 0.6 is 10.7 Å². The second-order valence-electron chi connectivity index (χ2n) is 4.13. The molecule has 1 amide bonds. The van der Waals surface area contributed by atoms with Crippen molar-refractivity contribution < 1.29 is 22.0 Å². The Bertz CT molecular complexity index is 698. The standard InChI is InChI=1S/C13H12ClF2NO3S/c1-3-5-17(6-4-2)13(18)9-7-10(15)11(16)8-12(9)21(14,19)20/h1,7-8H,4-6H2,2H3. The molecule has 1 aromatic rings. The smallest absolute Gasteiger partial charge is 0.262 e. The van der Waals surface area contributed by atoms with Crippen molar-refractivity contribution in [1.82, 2.24) is 4.90 Å². The van der Waals surface area contributed by atoms with E-state index in [1.165, 1.54) is 0 Å². The Morgan fingerprint density at radius 1 is 1.38 bits per heavy atom. The quantitative estimate of drug-likeness (QED) is 0.613. The number of nitrogens with zero attached hydrogens (tertiary/aromatic N) is 1. The Labute approximate surface area is 126 Å². The summed E-state index contributed by atoms with van der Waals surface area (Å²) < 4.78 is 49.4. The monoisotopic (exact) mass is 335 g/mol. The number of hydrogen-bond acceptors (Lipinski definition) is 3. The zero-order valence-electron chi connectivity index (χ0n) is 11.1. The van der Waals surface area contributed by atoms with Gasteiger partial charge in [-0.25, -0.2) is 17.2 Å². The number of carbonyl (C=O) groups excluding carboxylic acids is 1. The van der Waals surface area contributed by atoms with Crippen molar-refractivity contribution in [3.63, 3.8) is 0 Å². The third-order valence-electron chi connectivity index (χ3n) is 2.58. The summed E-state index contributed by atoms with van der Waals surface area (Å²) in [5, 5.41) is 0. The minimum absolute atomic E-state index is 0.0898. The van der Waals surface area contributed by atoms with Crippen LogP contribution in [0.15, 0.2) is 17.0 Å². The molecule has 0 fully saturated rings. The number of amides is 1. The molecule has 0 N–H and O–H groups in total. The second kappa shape index (κ2) is 6.87. The number of benzene rings is 1. The maximum absolute atomic E-state index is 13.3. The van der Waals surface area contributed by atoms with Gasteiger partial charge in [0.15, 0.2) is 11.6 Å². The first kappa shape index (κ1) is 17.4. The third kappa shape index (κ3) is 4.16. The van der Waals surface area contributed by atoms with Gasteiger partial charge in [0, 0.05) is 17.2 Å². The second-order valence-corrected chi connectivity index (χ2v) is 6.67. The molecule has 1 rings (SSSR count). The number of rotatable bonds is 5. The van der Waals surface area contributed by atoms with Crippen molar-refractivity contribution in [3.8, 4) is 12.3 Å². The number of carbonyl (C=O) groups is 1. The van der Waals surface area contributed by atoms with E-state index in [4.69, 9.17) is 17.1 Å². The summed E-state index contributed by atoms with van der Waals surface area (Å²) in [6, 6.07) is 0.886. The van der Waals surface area contributed by atoms with Gasteiger partial charge in [-0.3, -0.25) is 4.79 Å². The molecule has 0 saturated heterocycles. The summed E-state index contributed by atoms with van der Waals surface area (Å²) in [6.07, 6.45) is 5.69. The molecule has 0 aliphatic rings. The molecule has 1 aromatic carbocycles. The van der Waals surface area contributed by atoms with Crippen molar-refractivity contribution in [2.24, 2.45) is 0 Å². The van der Waals surface area contributed by atoms with Crippen LogP contribution in [-0.2, 0) is 9.05 Å². The van der Waals surface area contributed by atoms with E-state index in [0.717, 1.165) is 4.90 Å². The van der Waals surface area contributed by atoms with Gasteiger partial charge in [-0.05, 0) is 18.6 Å². The van der Waals surface area contributed by atoms with Crippen LogP contribution in [0.5, 0.6) is 0 Å². The summed E-state index contributed by atoms with van der Waals surface area (Å²) in [5.41, 5.74) is -0.549. The number of halogens is 3. The highest BCUT2D eigenvalue weighted by Crippen LogP contribution is 2.24. The van der Waals surface area contributed by atoms with E-state index in [2.05, 4.69) is 5.92 Å². The van der Waals surface area contributed by atoms with Gasteiger partial charge in [-0.15, -0.1) is 6.42 Å². The zero-order chi connectivity index (χ0) is 16.2. The molecule has 21 heavy (non-hydrogen) atoms. The molecule has 0 aliphatic heterocycles. The van der Waals surface area contributed by atoms with E-state index < -0.39 is 37.1 Å². The molecule has 0 aromatic heterocycles. The summed E-state index contributed by atoms with van der Waals surface area (Å²) in [5.74, 6) is -1.34. The highest BCUT2D eigenvalue weighted by atomic mass is 35.7. The lowest BCUT2D eigenvalue weighted by molar-refractivity contribution is 0.0772. The predicted molar refractivity (Wildman–Crippen MR) is 74.4 cm³/mol. The van der Waals surface area contributed by atoms with Crippen LogP contribution in [0.25, 0.3) is 0 Å². The molecule has 4 nitrogen and oxygen atoms in total. The van der Waals surface area contributed by atoms with Crippen LogP contribution in [-0.4, -0.2) is 32.3 Å². The van der Waals surface area contributed by atoms with Gasteiger partial charge in [-0.2, -0.15) is 0 Å². The van der Waals surface area contributed by atoms with Gasteiger partial charge in [0.1, 0.15) is 0 Å². The average Bonchev–Trinajstić information content (AvgIpc) is 2.39. The fourth-order valence-electron chi connectivity index (χ4n) is 1.70. The molecule has 0 bridgehead atoms. The lowest BCUT2D eigenvalue weighted by atomic mass is 10.1. The highest BCUT2D eigenvalue weighted by Gasteiger charge is 2.26. The molecular formula is C13H12ClF2NO3S. The van der Waals surface area contributed by atoms with Crippen LogP contribution in [0.2, 0.25) is 0 Å². The van der Waals surface area contributed by atoms with E-state index in [0.29, 0.717) is 18.6 Å². The fraction of sp³-hybridized carbons (Fsp3) is 0.308. The van der Waals surface area contributed by atoms with Gasteiger partial charge in [0.2, 0.25) is 0 Å². The molecule has 0 spiro atoms. The van der Waals surface area contributed by atoms with Gasteiger partial charge < -0.3 is 4.90 Å². The zero-order valence-corrected chi connectivity index (χ0v) is 12.6. The molecule has 0 unspecified atom stereocenters. The molecule has 0 radical (unpaired) electrons. The van der Waals surface area contributed by atoms with E-state index in [1.54, 1.807) is 6.92 Å². The third-order valence-corrected chi connectivity index (χ3v) is 3.94. The SMILES string of the molecule is C#CCN(CCC)C(=O)c1cc(F)c(F)cc1S(=O)(=O)Cl. The van der Waals surface area contributed by atoms with E-state index in [9.17, 15) is 22.0 Å². The average molecular weight is 336 g/mol. The lowest BCUT2D eigenvalue weighted by Gasteiger charge is -2.20. The minimum atomic E-state index is -4.41. The van der Waals surface area contributed by atoms with Crippen LogP contribution in [0.3, 0.4) is 0 Å². The molecule has 8 heteroatoms. The molecule has 0 atom stereocenters. The number of hydrogen-bond donors (Lipinski definition) is 0. The van der Waals surface area contributed by atoms with Crippen molar-refractivity contribution in [3.05, 3.63) is 29.3 Å². The van der Waals surface area contributed by atoms with Crippen LogP contribution < -0.4 is 0 Å². The highest BCUT2D eigenvalue weighted by molar-refractivity contribution is 8.13. The van der Waals surface area contributed by atoms with Crippen molar-refractivity contribution >= 4 is 25.6 Å². The Hall–Kier alpha value is -1.65. The maximum Gasteiger partial charge on any atom is 0.262 e. The summed E-state index contributed by atoms with van der Waals surface area (Å²) in [4.78, 5) is 12.6. The first-order valence-electron chi connectivity index (χ1n) is 5.88. The van der Waals surface area contributed by atoms with Gasteiger partial charge >= 0.3 is 0 Å². The topological polar surface area (TPSA) is 54.5 Å².